The van der Waals surface area contributed by atoms with Crippen molar-refractivity contribution in [2.45, 2.75) is 13.0 Å². The van der Waals surface area contributed by atoms with Crippen LogP contribution >= 0.6 is 0 Å². The lowest BCUT2D eigenvalue weighted by molar-refractivity contribution is -0.153. The van der Waals surface area contributed by atoms with Crippen LogP contribution in [0.5, 0.6) is 0 Å². The minimum Gasteiger partial charge on any atom is -0.481 e. The highest BCUT2D eigenvalue weighted by atomic mass is 16.4. The molecule has 22 heavy (non-hydrogen) atoms. The van der Waals surface area contributed by atoms with Crippen molar-refractivity contribution < 1.29 is 29.4 Å². The van der Waals surface area contributed by atoms with Gasteiger partial charge in [0.1, 0.15) is 17.7 Å². The Morgan fingerprint density at radius 2 is 1.73 bits per heavy atom. The van der Waals surface area contributed by atoms with Gasteiger partial charge in [-0.05, 0) is 13.0 Å². The van der Waals surface area contributed by atoms with Crippen LogP contribution in [0.1, 0.15) is 6.92 Å². The number of Topliss-reactive ketones (excluding diaryl/α,β-unsaturated/α-hetero) is 1. The third kappa shape index (κ3) is 4.32. The topological polar surface area (TPSA) is 147 Å². The van der Waals surface area contributed by atoms with E-state index in [0.29, 0.717) is 0 Å². The van der Waals surface area contributed by atoms with Gasteiger partial charge in [0, 0.05) is 11.3 Å². The van der Waals surface area contributed by atoms with Gasteiger partial charge in [0.05, 0.1) is 5.36 Å². The Kier molecular flexibility index (Phi) is 5.65. The lowest BCUT2D eigenvalue weighted by Gasteiger charge is -2.12. The number of nitrogens with zero attached hydrogens (tertiary/aromatic N) is 1. The van der Waals surface area contributed by atoms with Crippen molar-refractivity contribution in [2.24, 2.45) is 16.6 Å². The van der Waals surface area contributed by atoms with E-state index < -0.39 is 29.7 Å². The standard InChI is InChI=1S/C8H5NO.C6H9NO5/c10-8-5-6-3-1-2-4-7(6)9-8;1-2(8)3(5(9)10)4(7)6(11)12/h1-5H;3-4H,7H2,1H3,(H,9,10)(H,11,12)/t;3?,4-/m.0/s1. The molecule has 2 rings (SSSR count). The monoisotopic (exact) mass is 306 g/mol. The predicted octanol–water partition coefficient (Wildman–Crippen LogP) is -1.68. The van der Waals surface area contributed by atoms with Gasteiger partial charge in [-0.25, -0.2) is 4.99 Å². The van der Waals surface area contributed by atoms with Crippen LogP contribution in [0.3, 0.4) is 0 Å². The summed E-state index contributed by atoms with van der Waals surface area (Å²) in [5.74, 6) is -5.60. The molecule has 1 aliphatic heterocycles. The van der Waals surface area contributed by atoms with Crippen molar-refractivity contribution in [1.29, 1.82) is 0 Å². The lowest BCUT2D eigenvalue weighted by Crippen LogP contribution is -2.45. The van der Waals surface area contributed by atoms with E-state index in [9.17, 15) is 19.2 Å². The molecule has 1 aromatic carbocycles. The molecule has 1 aliphatic rings. The van der Waals surface area contributed by atoms with Crippen molar-refractivity contribution in [3.63, 3.8) is 0 Å². The number of carbonyl (C=O) groups excluding carboxylic acids is 2. The van der Waals surface area contributed by atoms with Gasteiger partial charge in [-0.3, -0.25) is 19.2 Å². The lowest BCUT2D eigenvalue weighted by atomic mass is 9.97. The number of para-hydroxylation sites is 1. The minimum atomic E-state index is -1.68. The fraction of sp³-hybridized carbons (Fsp3) is 0.214. The zero-order chi connectivity index (χ0) is 16.9. The number of benzene rings is 1. The van der Waals surface area contributed by atoms with Gasteiger partial charge in [-0.15, -0.1) is 0 Å². The number of amides is 1. The molecule has 1 unspecified atom stereocenters. The van der Waals surface area contributed by atoms with Crippen molar-refractivity contribution in [3.8, 4) is 0 Å². The van der Waals surface area contributed by atoms with Crippen LogP contribution in [-0.2, 0) is 19.2 Å². The Bertz CT molecular complexity index is 689. The van der Waals surface area contributed by atoms with Gasteiger partial charge in [-0.2, -0.15) is 0 Å². The van der Waals surface area contributed by atoms with E-state index in [1.54, 1.807) is 0 Å². The summed E-state index contributed by atoms with van der Waals surface area (Å²) in [6.07, 6.45) is 1.54. The quantitative estimate of drug-likeness (QED) is 0.562. The Morgan fingerprint density at radius 1 is 1.14 bits per heavy atom. The first-order valence-electron chi connectivity index (χ1n) is 6.15. The van der Waals surface area contributed by atoms with Gasteiger partial charge < -0.3 is 15.9 Å². The van der Waals surface area contributed by atoms with E-state index in [0.717, 1.165) is 17.5 Å². The molecule has 0 aromatic heterocycles. The number of hydrogen-bond donors (Lipinski definition) is 3. The Balaban J connectivity index is 0.000000222. The number of aliphatic carboxylic acids is 2. The van der Waals surface area contributed by atoms with Gasteiger partial charge in [-0.1, -0.05) is 18.2 Å². The number of fused-ring (bicyclic) bond motifs is 1. The zero-order valence-electron chi connectivity index (χ0n) is 11.6. The van der Waals surface area contributed by atoms with E-state index in [1.165, 1.54) is 6.08 Å². The molecule has 1 aromatic rings. The minimum absolute atomic E-state index is 0.152. The first-order valence-corrected chi connectivity index (χ1v) is 6.15. The second-order valence-corrected chi connectivity index (χ2v) is 4.44. The van der Waals surface area contributed by atoms with Crippen molar-refractivity contribution in [1.82, 2.24) is 0 Å². The van der Waals surface area contributed by atoms with Crippen LogP contribution < -0.4 is 16.3 Å². The molecule has 1 heterocycles. The summed E-state index contributed by atoms with van der Waals surface area (Å²) in [5.41, 5.74) is 4.96. The van der Waals surface area contributed by atoms with E-state index in [-0.39, 0.29) is 5.91 Å². The summed E-state index contributed by atoms with van der Waals surface area (Å²) in [5, 5.41) is 18.4. The fourth-order valence-electron chi connectivity index (χ4n) is 1.72. The summed E-state index contributed by atoms with van der Waals surface area (Å²) in [6, 6.07) is 5.79. The Morgan fingerprint density at radius 3 is 2.14 bits per heavy atom. The van der Waals surface area contributed by atoms with E-state index in [4.69, 9.17) is 15.9 Å². The maximum absolute atomic E-state index is 10.7. The number of carboxylic acids is 2. The molecule has 0 spiro atoms. The molecule has 0 aliphatic carbocycles. The number of nitrogens with two attached hydrogens (primary N) is 1. The SMILES string of the molecule is CC(=O)C(C(=O)O)[C@H](N)C(=O)O.O=C1C=c2ccccc2=N1. The van der Waals surface area contributed by atoms with Crippen LogP contribution in [0.2, 0.25) is 0 Å². The van der Waals surface area contributed by atoms with E-state index >= 15 is 0 Å². The molecule has 8 heteroatoms. The molecule has 8 nitrogen and oxygen atoms in total. The van der Waals surface area contributed by atoms with Gasteiger partial charge >= 0.3 is 11.9 Å². The molecule has 0 saturated carbocycles. The van der Waals surface area contributed by atoms with Crippen LogP contribution in [0, 0.1) is 5.92 Å². The van der Waals surface area contributed by atoms with Gasteiger partial charge in [0.2, 0.25) is 0 Å². The maximum atomic E-state index is 10.7. The Hall–Kier alpha value is -2.87. The van der Waals surface area contributed by atoms with Gasteiger partial charge in [0.25, 0.3) is 5.91 Å². The van der Waals surface area contributed by atoms with Crippen molar-refractivity contribution in [2.75, 3.05) is 0 Å². The second kappa shape index (κ2) is 7.23. The molecule has 4 N–H and O–H groups in total. The van der Waals surface area contributed by atoms with Crippen molar-refractivity contribution in [3.05, 3.63) is 34.8 Å². The van der Waals surface area contributed by atoms with Gasteiger partial charge in [0.15, 0.2) is 0 Å². The van der Waals surface area contributed by atoms with Crippen molar-refractivity contribution >= 4 is 29.7 Å². The highest BCUT2D eigenvalue weighted by molar-refractivity contribution is 6.06. The third-order valence-corrected chi connectivity index (χ3v) is 2.79. The molecule has 2 atom stereocenters. The number of rotatable bonds is 4. The average Bonchev–Trinajstić information content (AvgIpc) is 2.78. The molecule has 1 amide bonds. The zero-order valence-corrected chi connectivity index (χ0v) is 11.6. The largest absolute Gasteiger partial charge is 0.481 e. The second-order valence-electron chi connectivity index (χ2n) is 4.44. The predicted molar refractivity (Wildman–Crippen MR) is 74.1 cm³/mol. The maximum Gasteiger partial charge on any atom is 0.321 e. The van der Waals surface area contributed by atoms with Crippen LogP contribution in [0.15, 0.2) is 29.3 Å². The normalized spacial score (nSPS) is 14.4. The molecule has 116 valence electrons. The summed E-state index contributed by atoms with van der Waals surface area (Å²) in [4.78, 5) is 45.6. The summed E-state index contributed by atoms with van der Waals surface area (Å²) in [7, 11) is 0. The number of carbonyl (C=O) groups is 4. The average molecular weight is 306 g/mol. The molecule has 0 fully saturated rings. The summed E-state index contributed by atoms with van der Waals surface area (Å²) < 4.78 is 0. The molecular weight excluding hydrogens is 292 g/mol. The highest BCUT2D eigenvalue weighted by Gasteiger charge is 2.34. The van der Waals surface area contributed by atoms with E-state index in [1.807, 2.05) is 24.3 Å². The van der Waals surface area contributed by atoms with E-state index in [2.05, 4.69) is 4.99 Å². The van der Waals surface area contributed by atoms with Crippen LogP contribution in [0.25, 0.3) is 6.08 Å². The summed E-state index contributed by atoms with van der Waals surface area (Å²) >= 11 is 0. The Labute approximate surface area is 124 Å². The summed E-state index contributed by atoms with van der Waals surface area (Å²) in [6.45, 7) is 0.988. The van der Waals surface area contributed by atoms with Crippen LogP contribution in [-0.4, -0.2) is 39.9 Å². The first kappa shape index (κ1) is 17.2. The molecule has 0 bridgehead atoms. The molecule has 0 saturated heterocycles. The number of carboxylic acid groups (broad SMARTS) is 2. The highest BCUT2D eigenvalue weighted by Crippen LogP contribution is 2.03. The first-order chi connectivity index (χ1) is 10.2. The fourth-order valence-corrected chi connectivity index (χ4v) is 1.72. The molecule has 0 radical (unpaired) electrons. The third-order valence-electron chi connectivity index (χ3n) is 2.79. The number of ketones is 1. The van der Waals surface area contributed by atoms with Crippen LogP contribution in [0.4, 0.5) is 0 Å². The smallest absolute Gasteiger partial charge is 0.321 e. The molecular formula is C14H14N2O6. The number of hydrogen-bond acceptors (Lipinski definition) is 5.